The minimum Gasteiger partial charge on any atom is -0.367 e. The van der Waals surface area contributed by atoms with E-state index < -0.39 is 9.84 Å². The van der Waals surface area contributed by atoms with Crippen LogP contribution in [-0.4, -0.2) is 32.5 Å². The lowest BCUT2D eigenvalue weighted by Gasteiger charge is -2.25. The Hall–Kier alpha value is -0.550. The Labute approximate surface area is 110 Å². The van der Waals surface area contributed by atoms with Crippen molar-refractivity contribution in [2.45, 2.75) is 18.9 Å². The fourth-order valence-electron chi connectivity index (χ4n) is 2.82. The fraction of sp³-hybridized carbons (Fsp3) is 0.500. The van der Waals surface area contributed by atoms with Crippen molar-refractivity contribution in [2.75, 3.05) is 23.0 Å². The highest BCUT2D eigenvalue weighted by Gasteiger charge is 2.35. The summed E-state index contributed by atoms with van der Waals surface area (Å²) in [5.74, 6) is 0.663. The van der Waals surface area contributed by atoms with E-state index in [1.54, 1.807) is 0 Å². The molecule has 1 atom stereocenters. The van der Waals surface area contributed by atoms with E-state index in [0.29, 0.717) is 11.5 Å². The first-order chi connectivity index (χ1) is 8.07. The number of rotatable bonds is 1. The van der Waals surface area contributed by atoms with Gasteiger partial charge in [0.1, 0.15) is 0 Å². The second kappa shape index (κ2) is 3.99. The van der Waals surface area contributed by atoms with Crippen LogP contribution in [0.2, 0.25) is 0 Å². The molecular formula is C12H14BrNO2S. The summed E-state index contributed by atoms with van der Waals surface area (Å²) in [5, 5.41) is 0. The van der Waals surface area contributed by atoms with E-state index in [1.807, 2.05) is 12.1 Å². The van der Waals surface area contributed by atoms with Gasteiger partial charge in [0, 0.05) is 22.7 Å². The summed E-state index contributed by atoms with van der Waals surface area (Å²) >= 11 is 3.56. The Bertz CT molecular complexity index is 556. The van der Waals surface area contributed by atoms with E-state index in [2.05, 4.69) is 26.9 Å². The zero-order valence-electron chi connectivity index (χ0n) is 9.39. The molecule has 0 aromatic heterocycles. The highest BCUT2D eigenvalue weighted by molar-refractivity contribution is 9.10. The van der Waals surface area contributed by atoms with Crippen LogP contribution in [0.3, 0.4) is 0 Å². The summed E-state index contributed by atoms with van der Waals surface area (Å²) < 4.78 is 24.2. The maximum Gasteiger partial charge on any atom is 0.152 e. The molecule has 1 aromatic carbocycles. The molecule has 0 spiro atoms. The fourth-order valence-corrected chi connectivity index (χ4v) is 5.10. The molecular weight excluding hydrogens is 302 g/mol. The largest absolute Gasteiger partial charge is 0.367 e. The van der Waals surface area contributed by atoms with Crippen LogP contribution in [0.5, 0.6) is 0 Å². The maximum absolute atomic E-state index is 11.5. The minimum absolute atomic E-state index is 0.176. The lowest BCUT2D eigenvalue weighted by Crippen LogP contribution is -2.34. The van der Waals surface area contributed by atoms with E-state index in [0.717, 1.165) is 23.9 Å². The third kappa shape index (κ3) is 1.99. The molecule has 3 nitrogen and oxygen atoms in total. The number of fused-ring (bicyclic) bond motifs is 1. The molecule has 17 heavy (non-hydrogen) atoms. The van der Waals surface area contributed by atoms with E-state index in [9.17, 15) is 8.42 Å². The van der Waals surface area contributed by atoms with Crippen LogP contribution in [0.4, 0.5) is 5.69 Å². The van der Waals surface area contributed by atoms with Crippen LogP contribution in [-0.2, 0) is 16.3 Å². The Morgan fingerprint density at radius 2 is 2.18 bits per heavy atom. The van der Waals surface area contributed by atoms with Gasteiger partial charge in [0.15, 0.2) is 9.84 Å². The van der Waals surface area contributed by atoms with Gasteiger partial charge >= 0.3 is 0 Å². The van der Waals surface area contributed by atoms with Crippen LogP contribution in [0.15, 0.2) is 22.7 Å². The van der Waals surface area contributed by atoms with Gasteiger partial charge in [0.25, 0.3) is 0 Å². The molecule has 5 heteroatoms. The second-order valence-electron chi connectivity index (χ2n) is 4.74. The molecule has 3 rings (SSSR count). The van der Waals surface area contributed by atoms with Gasteiger partial charge in [-0.15, -0.1) is 0 Å². The summed E-state index contributed by atoms with van der Waals surface area (Å²) in [6.07, 6.45) is 1.78. The molecule has 1 aromatic rings. The first-order valence-electron chi connectivity index (χ1n) is 5.81. The monoisotopic (exact) mass is 315 g/mol. The highest BCUT2D eigenvalue weighted by atomic mass is 79.9. The van der Waals surface area contributed by atoms with Crippen molar-refractivity contribution in [1.29, 1.82) is 0 Å². The van der Waals surface area contributed by atoms with E-state index in [1.165, 1.54) is 11.3 Å². The van der Waals surface area contributed by atoms with Gasteiger partial charge in [-0.25, -0.2) is 8.42 Å². The molecule has 0 N–H and O–H groups in total. The van der Waals surface area contributed by atoms with Gasteiger partial charge in [-0.05, 0) is 30.5 Å². The SMILES string of the molecule is O=S1(=O)CCC(N2CCc3c(Br)cccc32)C1. The molecule has 0 radical (unpaired) electrons. The lowest BCUT2D eigenvalue weighted by molar-refractivity contribution is 0.600. The van der Waals surface area contributed by atoms with Crippen LogP contribution in [0.1, 0.15) is 12.0 Å². The van der Waals surface area contributed by atoms with E-state index >= 15 is 0 Å². The molecule has 2 aliphatic rings. The summed E-state index contributed by atoms with van der Waals surface area (Å²) in [4.78, 5) is 2.27. The summed E-state index contributed by atoms with van der Waals surface area (Å²) in [6.45, 7) is 0.943. The predicted octanol–water partition coefficient (Wildman–Crippen LogP) is 2.00. The summed E-state index contributed by atoms with van der Waals surface area (Å²) in [5.41, 5.74) is 2.53. The van der Waals surface area contributed by atoms with Crippen molar-refractivity contribution in [1.82, 2.24) is 0 Å². The average molecular weight is 316 g/mol. The first kappa shape index (κ1) is 11.5. The van der Waals surface area contributed by atoms with Crippen molar-refractivity contribution in [3.63, 3.8) is 0 Å². The van der Waals surface area contributed by atoms with Crippen molar-refractivity contribution in [3.05, 3.63) is 28.2 Å². The molecule has 2 heterocycles. The molecule has 0 amide bonds. The van der Waals surface area contributed by atoms with Gasteiger partial charge in [-0.3, -0.25) is 0 Å². The number of nitrogens with zero attached hydrogens (tertiary/aromatic N) is 1. The minimum atomic E-state index is -2.80. The Kier molecular flexibility index (Phi) is 2.70. The number of hydrogen-bond donors (Lipinski definition) is 0. The van der Waals surface area contributed by atoms with Gasteiger partial charge < -0.3 is 4.90 Å². The summed E-state index contributed by atoms with van der Waals surface area (Å²) in [7, 11) is -2.80. The first-order valence-corrected chi connectivity index (χ1v) is 8.43. The number of hydrogen-bond acceptors (Lipinski definition) is 3. The molecule has 0 bridgehead atoms. The molecule has 0 saturated carbocycles. The van der Waals surface area contributed by atoms with Gasteiger partial charge in [-0.1, -0.05) is 22.0 Å². The van der Waals surface area contributed by atoms with Crippen molar-refractivity contribution < 1.29 is 8.42 Å². The third-order valence-electron chi connectivity index (χ3n) is 3.66. The number of anilines is 1. The molecule has 92 valence electrons. The molecule has 1 fully saturated rings. The van der Waals surface area contributed by atoms with Crippen LogP contribution < -0.4 is 4.90 Å². The zero-order chi connectivity index (χ0) is 12.0. The normalized spacial score (nSPS) is 26.2. The number of halogens is 1. The standard InChI is InChI=1S/C12H14BrNO2S/c13-11-2-1-3-12-10(11)4-6-14(12)9-5-7-17(15,16)8-9/h1-3,9H,4-8H2. The van der Waals surface area contributed by atoms with E-state index in [-0.39, 0.29) is 6.04 Å². The van der Waals surface area contributed by atoms with Crippen LogP contribution in [0.25, 0.3) is 0 Å². The third-order valence-corrected chi connectivity index (χ3v) is 6.15. The van der Waals surface area contributed by atoms with E-state index in [4.69, 9.17) is 0 Å². The van der Waals surface area contributed by atoms with Gasteiger partial charge in [0.2, 0.25) is 0 Å². The lowest BCUT2D eigenvalue weighted by atomic mass is 10.1. The average Bonchev–Trinajstić information content (AvgIpc) is 2.82. The second-order valence-corrected chi connectivity index (χ2v) is 7.82. The summed E-state index contributed by atoms with van der Waals surface area (Å²) in [6, 6.07) is 6.34. The quantitative estimate of drug-likeness (QED) is 0.795. The molecule has 2 aliphatic heterocycles. The zero-order valence-corrected chi connectivity index (χ0v) is 11.8. The topological polar surface area (TPSA) is 37.4 Å². The van der Waals surface area contributed by atoms with Gasteiger partial charge in [0.05, 0.1) is 11.5 Å². The number of sulfone groups is 1. The van der Waals surface area contributed by atoms with Crippen LogP contribution in [0, 0.1) is 0 Å². The highest BCUT2D eigenvalue weighted by Crippen LogP contribution is 2.36. The molecule has 1 unspecified atom stereocenters. The smallest absolute Gasteiger partial charge is 0.152 e. The molecule has 0 aliphatic carbocycles. The van der Waals surface area contributed by atoms with Crippen molar-refractivity contribution >= 4 is 31.5 Å². The Morgan fingerprint density at radius 3 is 2.88 bits per heavy atom. The predicted molar refractivity (Wildman–Crippen MR) is 72.3 cm³/mol. The van der Waals surface area contributed by atoms with Crippen LogP contribution >= 0.6 is 15.9 Å². The number of benzene rings is 1. The van der Waals surface area contributed by atoms with Crippen molar-refractivity contribution in [3.8, 4) is 0 Å². The van der Waals surface area contributed by atoms with Crippen molar-refractivity contribution in [2.24, 2.45) is 0 Å². The maximum atomic E-state index is 11.5. The Morgan fingerprint density at radius 1 is 1.35 bits per heavy atom. The molecule has 1 saturated heterocycles. The Balaban J connectivity index is 1.92. The van der Waals surface area contributed by atoms with Gasteiger partial charge in [-0.2, -0.15) is 0 Å².